The number of hydrogen-bond donors (Lipinski definition) is 1. The Morgan fingerprint density at radius 3 is 2.60 bits per heavy atom. The first-order valence-corrected chi connectivity index (χ1v) is 6.69. The molecule has 3 rings (SSSR count). The first-order valence-electron chi connectivity index (χ1n) is 6.69. The third-order valence-electron chi connectivity index (χ3n) is 3.47. The number of nitrogens with one attached hydrogen (secondary N) is 1. The lowest BCUT2D eigenvalue weighted by atomic mass is 9.83. The van der Waals surface area contributed by atoms with E-state index in [0.717, 1.165) is 27.9 Å². The number of aromatic amines is 1. The number of benzene rings is 1. The molecule has 0 amide bonds. The highest BCUT2D eigenvalue weighted by Gasteiger charge is 2.20. The lowest BCUT2D eigenvalue weighted by molar-refractivity contribution is 0.574. The molecule has 102 valence electrons. The van der Waals surface area contributed by atoms with Gasteiger partial charge in [0.2, 0.25) is 0 Å². The highest BCUT2D eigenvalue weighted by Crippen LogP contribution is 2.34. The summed E-state index contributed by atoms with van der Waals surface area (Å²) in [7, 11) is 0. The van der Waals surface area contributed by atoms with Crippen LogP contribution in [0.3, 0.4) is 0 Å². The maximum Gasteiger partial charge on any atom is 0.137 e. The fraction of sp³-hybridized carbons (Fsp3) is 0.235. The average molecular weight is 268 g/mol. The van der Waals surface area contributed by atoms with E-state index in [2.05, 4.69) is 36.8 Å². The Balaban J connectivity index is 2.23. The Morgan fingerprint density at radius 2 is 1.90 bits per heavy atom. The second kappa shape index (κ2) is 4.44. The number of pyridine rings is 1. The summed E-state index contributed by atoms with van der Waals surface area (Å²) in [5, 5.41) is 1.06. The van der Waals surface area contributed by atoms with Crippen LogP contribution in [-0.4, -0.2) is 9.97 Å². The van der Waals surface area contributed by atoms with Crippen molar-refractivity contribution in [1.29, 1.82) is 0 Å². The van der Waals surface area contributed by atoms with Gasteiger partial charge in [0.1, 0.15) is 11.5 Å². The van der Waals surface area contributed by atoms with E-state index < -0.39 is 0 Å². The van der Waals surface area contributed by atoms with E-state index in [1.807, 2.05) is 18.2 Å². The minimum Gasteiger partial charge on any atom is -0.339 e. The molecule has 0 bridgehead atoms. The third-order valence-corrected chi connectivity index (χ3v) is 3.47. The molecule has 20 heavy (non-hydrogen) atoms. The van der Waals surface area contributed by atoms with Crippen molar-refractivity contribution in [2.45, 2.75) is 26.2 Å². The van der Waals surface area contributed by atoms with Crippen LogP contribution in [0, 0.1) is 5.82 Å². The van der Waals surface area contributed by atoms with Crippen LogP contribution in [0.15, 0.2) is 42.6 Å². The Morgan fingerprint density at radius 1 is 1.10 bits per heavy atom. The zero-order valence-electron chi connectivity index (χ0n) is 11.9. The van der Waals surface area contributed by atoms with Crippen molar-refractivity contribution < 1.29 is 4.39 Å². The molecule has 0 aliphatic carbocycles. The highest BCUT2D eigenvalue weighted by atomic mass is 19.1. The van der Waals surface area contributed by atoms with E-state index in [-0.39, 0.29) is 11.2 Å². The van der Waals surface area contributed by atoms with Crippen LogP contribution < -0.4 is 0 Å². The van der Waals surface area contributed by atoms with E-state index >= 15 is 0 Å². The predicted octanol–water partition coefficient (Wildman–Crippen LogP) is 4.67. The molecule has 2 nitrogen and oxygen atoms in total. The third kappa shape index (κ3) is 2.20. The van der Waals surface area contributed by atoms with Gasteiger partial charge in [-0.1, -0.05) is 20.8 Å². The van der Waals surface area contributed by atoms with Gasteiger partial charge in [0.05, 0.1) is 0 Å². The zero-order chi connectivity index (χ0) is 14.3. The maximum absolute atomic E-state index is 13.6. The topological polar surface area (TPSA) is 28.7 Å². The molecule has 0 radical (unpaired) electrons. The summed E-state index contributed by atoms with van der Waals surface area (Å²) >= 11 is 0. The van der Waals surface area contributed by atoms with Gasteiger partial charge in [0.25, 0.3) is 0 Å². The molecule has 0 fully saturated rings. The van der Waals surface area contributed by atoms with Crippen molar-refractivity contribution >= 4 is 11.0 Å². The van der Waals surface area contributed by atoms with E-state index in [1.54, 1.807) is 12.3 Å². The molecule has 3 aromatic rings. The molecule has 0 spiro atoms. The van der Waals surface area contributed by atoms with Crippen molar-refractivity contribution in [3.8, 4) is 11.3 Å². The summed E-state index contributed by atoms with van der Waals surface area (Å²) in [5.41, 5.74) is 3.72. The Kier molecular flexibility index (Phi) is 2.85. The van der Waals surface area contributed by atoms with Gasteiger partial charge >= 0.3 is 0 Å². The van der Waals surface area contributed by atoms with Gasteiger partial charge in [-0.05, 0) is 47.4 Å². The summed E-state index contributed by atoms with van der Waals surface area (Å²) in [6.45, 7) is 6.27. The fourth-order valence-electron chi connectivity index (χ4n) is 2.47. The van der Waals surface area contributed by atoms with Crippen LogP contribution in [0.2, 0.25) is 0 Å². The molecule has 1 N–H and O–H groups in total. The molecular weight excluding hydrogens is 251 g/mol. The summed E-state index contributed by atoms with van der Waals surface area (Å²) < 4.78 is 13.6. The number of hydrogen-bond acceptors (Lipinski definition) is 1. The molecule has 3 heteroatoms. The summed E-state index contributed by atoms with van der Waals surface area (Å²) in [6, 6.07) is 10.9. The first-order chi connectivity index (χ1) is 9.45. The Labute approximate surface area is 117 Å². The van der Waals surface area contributed by atoms with E-state index in [1.165, 1.54) is 6.07 Å². The predicted molar refractivity (Wildman–Crippen MR) is 80.2 cm³/mol. The Bertz CT molecular complexity index is 733. The van der Waals surface area contributed by atoms with Gasteiger partial charge in [-0.3, -0.25) is 0 Å². The average Bonchev–Trinajstić information content (AvgIpc) is 2.81. The molecule has 0 atom stereocenters. The molecular formula is C17H17FN2. The number of nitrogens with zero attached hydrogens (tertiary/aromatic N) is 1. The first kappa shape index (κ1) is 12.9. The monoisotopic (exact) mass is 268 g/mol. The summed E-state index contributed by atoms with van der Waals surface area (Å²) in [6.07, 6.45) is 1.76. The van der Waals surface area contributed by atoms with Crippen molar-refractivity contribution in [2.75, 3.05) is 0 Å². The van der Waals surface area contributed by atoms with Gasteiger partial charge in [0, 0.05) is 22.8 Å². The lowest BCUT2D eigenvalue weighted by Gasteiger charge is -2.22. The number of rotatable bonds is 1. The van der Waals surface area contributed by atoms with Gasteiger partial charge in [0.15, 0.2) is 0 Å². The largest absolute Gasteiger partial charge is 0.339 e. The molecule has 0 saturated carbocycles. The molecule has 1 aromatic carbocycles. The fourth-order valence-corrected chi connectivity index (χ4v) is 2.47. The second-order valence-corrected chi connectivity index (χ2v) is 6.06. The van der Waals surface area contributed by atoms with Crippen LogP contribution in [0.5, 0.6) is 0 Å². The maximum atomic E-state index is 13.6. The van der Waals surface area contributed by atoms with Crippen molar-refractivity contribution in [1.82, 2.24) is 9.97 Å². The lowest BCUT2D eigenvalue weighted by Crippen LogP contribution is -2.13. The zero-order valence-corrected chi connectivity index (χ0v) is 11.9. The molecule has 0 unspecified atom stereocenters. The summed E-state index contributed by atoms with van der Waals surface area (Å²) in [5.74, 6) is -0.201. The standard InChI is InChI=1S/C17H17FN2/c1-17(2,3)14-10-12(18)6-7-13(14)15-9-11-5-4-8-19-16(11)20-15/h4-10H,1-3H3,(H,19,20). The SMILES string of the molecule is CC(C)(C)c1cc(F)ccc1-c1cc2cccnc2[nH]1. The number of H-pyrrole nitrogens is 1. The number of fused-ring (bicyclic) bond motifs is 1. The van der Waals surface area contributed by atoms with Crippen molar-refractivity contribution in [3.05, 3.63) is 54.0 Å². The van der Waals surface area contributed by atoms with Crippen LogP contribution >= 0.6 is 0 Å². The van der Waals surface area contributed by atoms with Gasteiger partial charge in [-0.2, -0.15) is 0 Å². The normalized spacial score (nSPS) is 12.0. The van der Waals surface area contributed by atoms with Crippen LogP contribution in [-0.2, 0) is 5.41 Å². The second-order valence-electron chi connectivity index (χ2n) is 6.06. The van der Waals surface area contributed by atoms with E-state index in [4.69, 9.17) is 0 Å². The Hall–Kier alpha value is -2.16. The molecule has 2 aromatic heterocycles. The van der Waals surface area contributed by atoms with E-state index in [9.17, 15) is 4.39 Å². The van der Waals surface area contributed by atoms with E-state index in [0.29, 0.717) is 0 Å². The van der Waals surface area contributed by atoms with Gasteiger partial charge < -0.3 is 4.98 Å². The smallest absolute Gasteiger partial charge is 0.137 e. The summed E-state index contributed by atoms with van der Waals surface area (Å²) in [4.78, 5) is 7.62. The number of halogens is 1. The van der Waals surface area contributed by atoms with Crippen LogP contribution in [0.25, 0.3) is 22.3 Å². The molecule has 0 aliphatic rings. The van der Waals surface area contributed by atoms with Crippen molar-refractivity contribution in [3.63, 3.8) is 0 Å². The van der Waals surface area contributed by atoms with Crippen LogP contribution in [0.1, 0.15) is 26.3 Å². The number of aromatic nitrogens is 2. The highest BCUT2D eigenvalue weighted by molar-refractivity contribution is 5.83. The quantitative estimate of drug-likeness (QED) is 0.682. The van der Waals surface area contributed by atoms with Gasteiger partial charge in [-0.25, -0.2) is 9.37 Å². The molecule has 0 saturated heterocycles. The van der Waals surface area contributed by atoms with Crippen molar-refractivity contribution in [2.24, 2.45) is 0 Å². The minimum atomic E-state index is -0.201. The molecule has 0 aliphatic heterocycles. The van der Waals surface area contributed by atoms with Crippen LogP contribution in [0.4, 0.5) is 4.39 Å². The molecule has 2 heterocycles. The van der Waals surface area contributed by atoms with Gasteiger partial charge in [-0.15, -0.1) is 0 Å². The minimum absolute atomic E-state index is 0.123.